The number of fused-ring (bicyclic) bond motifs is 19. The molecule has 2 aliphatic heterocycles. The lowest BCUT2D eigenvalue weighted by molar-refractivity contribution is 0.104. The summed E-state index contributed by atoms with van der Waals surface area (Å²) in [5.41, 5.74) is 16.6. The highest BCUT2D eigenvalue weighted by atomic mass is 35.5. The van der Waals surface area contributed by atoms with E-state index in [1.807, 2.05) is 188 Å². The summed E-state index contributed by atoms with van der Waals surface area (Å²) in [6, 6.07) is 75.9. The van der Waals surface area contributed by atoms with Gasteiger partial charge in [0.2, 0.25) is 0 Å². The fourth-order valence-electron chi connectivity index (χ4n) is 16.0. The van der Waals surface area contributed by atoms with E-state index in [9.17, 15) is 4.79 Å². The maximum absolute atomic E-state index is 12.6. The molecule has 10 aromatic carbocycles. The van der Waals surface area contributed by atoms with Crippen molar-refractivity contribution >= 4 is 531 Å². The summed E-state index contributed by atoms with van der Waals surface area (Å²) < 4.78 is 33.8. The number of carbonyl (C=O) groups excluding carboxylic acids is 1. The van der Waals surface area contributed by atoms with Crippen LogP contribution in [-0.4, -0.2) is 25.7 Å². The van der Waals surface area contributed by atoms with Crippen molar-refractivity contribution < 1.29 is 28.2 Å². The molecule has 33 unspecified atom stereocenters. The topological polar surface area (TPSA) is 119 Å². The van der Waals surface area contributed by atoms with Crippen LogP contribution < -0.4 is 18.9 Å². The quantitative estimate of drug-likeness (QED) is 0.0419. The van der Waals surface area contributed by atoms with Crippen molar-refractivity contribution in [2.45, 2.75) is 5.41 Å². The number of para-hydroxylation sites is 9. The van der Waals surface area contributed by atoms with Crippen molar-refractivity contribution in [1.29, 1.82) is 0 Å². The Kier molecular flexibility index (Phi) is 53.0. The van der Waals surface area contributed by atoms with Gasteiger partial charge in [-0.1, -0.05) is 181 Å². The monoisotopic (exact) mass is 2940 g/mol. The van der Waals surface area contributed by atoms with E-state index in [0.29, 0.717) is 38.9 Å². The Bertz CT molecular complexity index is 6850. The standard InChI is InChI=1S/C37H20N2O3.C21H12N2O.C16H9ClO2S.H58P56/c1-3-13-24-21(10-1)32-22(28-20-38-26-15-4-5-16-27(26)39-28)12-9-14-25(32)37(24)35-33(23-11-2-6-17-29(23)41-35)34-36(37)42-31-19-8-7-18-30(31)40-34;24-21-14-7-2-1-6-13(14)20-15(8-5-9-16(20)21)19-12-22-17-10-3-4-11-18(17)23-19;17-16-15(10-5-1-4-8-14(10)20-16)13-9-18-11-6-2-3-7-12(11)19-13;1-30(2)44(29)51(43(27)28)55(52(45(31(3)4)32(5)6)46(33(7)8)34(9)10)56(53(47(35(11)12)36(13)14)48(37(15)16)38(17)18)54(49(39(19)20)40(21)22)50(41(23)24)42(25)26/h1-20H;1-12H;1-9H;1-29H2. The summed E-state index contributed by atoms with van der Waals surface area (Å²) >= 11 is 7.91. The minimum atomic E-state index is -0.844. The van der Waals surface area contributed by atoms with Gasteiger partial charge in [0.1, 0.15) is 27.4 Å². The van der Waals surface area contributed by atoms with Crippen LogP contribution in [0, 0.1) is 0 Å². The van der Waals surface area contributed by atoms with E-state index in [1.54, 1.807) is 23.8 Å². The van der Waals surface area contributed by atoms with Crippen LogP contribution in [0.3, 0.4) is 0 Å². The molecule has 0 bridgehead atoms. The summed E-state index contributed by atoms with van der Waals surface area (Å²) in [5, 5.41) is 2.08. The predicted octanol–water partition coefficient (Wildman–Crippen LogP) is 51.0. The molecule has 6 heterocycles. The van der Waals surface area contributed by atoms with Gasteiger partial charge in [-0.3, -0.25) is 14.8 Å². The Balaban J connectivity index is 0.000000145. The van der Waals surface area contributed by atoms with Gasteiger partial charge in [-0.25, -0.2) is 9.97 Å². The summed E-state index contributed by atoms with van der Waals surface area (Å²) in [7, 11) is 102. The van der Waals surface area contributed by atoms with Crippen LogP contribution in [0.1, 0.15) is 43.9 Å². The third kappa shape index (κ3) is 28.6. The molecule has 5 aliphatic rings. The van der Waals surface area contributed by atoms with Gasteiger partial charge in [0, 0.05) is 43.3 Å². The highest BCUT2D eigenvalue weighted by Crippen LogP contribution is 3.48. The van der Waals surface area contributed by atoms with Gasteiger partial charge in [-0.05, 0) is 277 Å². The minimum Gasteiger partial charge on any atom is -0.458 e. The van der Waals surface area contributed by atoms with Gasteiger partial charge >= 0.3 is 0 Å². The Labute approximate surface area is 939 Å². The van der Waals surface area contributed by atoms with Gasteiger partial charge in [0.15, 0.2) is 46.1 Å². The zero-order valence-corrected chi connectivity index (χ0v) is 133. The van der Waals surface area contributed by atoms with Crippen molar-refractivity contribution in [3.05, 3.63) is 298 Å². The zero-order valence-electron chi connectivity index (χ0n) is 74.0. The molecule has 0 amide bonds. The van der Waals surface area contributed by atoms with Gasteiger partial charge < -0.3 is 23.4 Å². The van der Waals surface area contributed by atoms with Crippen LogP contribution in [0.4, 0.5) is 0 Å². The van der Waals surface area contributed by atoms with E-state index >= 15 is 0 Å². The van der Waals surface area contributed by atoms with Crippen molar-refractivity contribution in [3.63, 3.8) is 0 Å². The lowest BCUT2D eigenvalue weighted by Gasteiger charge is -2.59. The first kappa shape index (κ1) is 127. The van der Waals surface area contributed by atoms with E-state index in [2.05, 4.69) is 312 Å². The van der Waals surface area contributed by atoms with Crippen molar-refractivity contribution in [2.75, 3.05) is 0 Å². The number of ether oxygens (including phenoxy) is 4. The molecule has 3 aliphatic carbocycles. The number of benzene rings is 10. The molecule has 142 heavy (non-hydrogen) atoms. The van der Waals surface area contributed by atoms with Gasteiger partial charge in [0.25, 0.3) is 0 Å². The number of hydrogen-bond donors (Lipinski definition) is 0. The third-order valence-corrected chi connectivity index (χ3v) is 412. The molecule has 0 fully saturated rings. The van der Waals surface area contributed by atoms with Gasteiger partial charge in [-0.2, -0.15) is 0 Å². The number of ketones is 1. The maximum Gasteiger partial charge on any atom is 0.194 e. The lowest BCUT2D eigenvalue weighted by atomic mass is 9.76. The summed E-state index contributed by atoms with van der Waals surface area (Å²) in [6.45, 7) is -5.54. The normalized spacial score (nSPS) is 15.4. The number of furan rings is 1. The Morgan fingerprint density at radius 3 is 1.15 bits per heavy atom. The molecule has 0 N–H and O–H groups in total. The Morgan fingerprint density at radius 1 is 0.296 bits per heavy atom. The Morgan fingerprint density at radius 2 is 0.662 bits per heavy atom. The molecule has 19 rings (SSSR count). The number of allylic oxidation sites excluding steroid dienone is 1. The van der Waals surface area contributed by atoms with Crippen molar-refractivity contribution in [2.24, 2.45) is 0 Å². The predicted molar refractivity (Wildman–Crippen MR) is 806 cm³/mol. The van der Waals surface area contributed by atoms with Crippen molar-refractivity contribution in [1.82, 2.24) is 19.9 Å². The second-order valence-corrected chi connectivity index (χ2v) is 262. The molecule has 1 spiro atoms. The molecule has 0 saturated heterocycles. The number of nitrogens with zero attached hydrogens (tertiary/aromatic N) is 4. The van der Waals surface area contributed by atoms with E-state index < -0.39 is 5.41 Å². The van der Waals surface area contributed by atoms with E-state index in [4.69, 9.17) is 49.9 Å². The first-order valence-electron chi connectivity index (χ1n) is 40.6. The van der Waals surface area contributed by atoms with E-state index in [-0.39, 0.29) is 194 Å². The fraction of sp³-hybridized carbons (Fsp3) is 0.0135. The lowest BCUT2D eigenvalue weighted by Crippen LogP contribution is -2.31. The summed E-state index contributed by atoms with van der Waals surface area (Å²) in [4.78, 5) is 31.7. The first-order chi connectivity index (χ1) is 67.9. The summed E-state index contributed by atoms with van der Waals surface area (Å²) in [5.74, 6) is 5.77. The van der Waals surface area contributed by atoms with Crippen LogP contribution >= 0.6 is 471 Å². The first-order valence-corrected chi connectivity index (χ1v) is 143. The van der Waals surface area contributed by atoms with Gasteiger partial charge in [0.05, 0.1) is 57.0 Å². The number of aromatic nitrogens is 4. The molecule has 68 heteroatoms. The molecule has 10 nitrogen and oxygen atoms in total. The molecule has 14 aromatic rings. The van der Waals surface area contributed by atoms with E-state index in [0.717, 1.165) is 133 Å². The van der Waals surface area contributed by atoms with Crippen molar-refractivity contribution in [3.8, 4) is 67.8 Å². The average molecular weight is 2940 g/mol. The van der Waals surface area contributed by atoms with Crippen LogP contribution in [0.25, 0.3) is 99.4 Å². The fourth-order valence-corrected chi connectivity index (χ4v) is 809. The molecule has 0 radical (unpaired) electrons. The molecular formula is C74H99ClN4O6P56S. The van der Waals surface area contributed by atoms with Crippen LogP contribution in [-0.2, 0) is 5.41 Å². The molecule has 0 saturated carbocycles. The number of hydrogen-bond acceptors (Lipinski definition) is 11. The SMILES string of the molecule is Clc1sc2ccccc2c1C1=COc2ccccc2O1.O=C1c2ccccc2-c2c1cccc2-c1cnc2ccccc2n1.PP(P)P(P)P(P(P)P)P(P(P(P(P)P)P(P)P)P(P(P)P)P(P)P)P(P(P(P(P)P)P(P)P)P(P(P)P)P(P)P)P(P(P(P)P)P(P)P)P(P(P)P)P(P)P.c1ccc2c(c1)OC1=C(O2)C2(c3ccccc3-c3c(-c4cnc5ccccc5n4)cccc32)c2oc3ccccc3c21. The highest BCUT2D eigenvalue weighted by Gasteiger charge is 2.63. The van der Waals surface area contributed by atoms with Gasteiger partial charge in [-0.15, -0.1) is 270 Å². The molecule has 4 aromatic heterocycles. The maximum atomic E-state index is 12.6. The second kappa shape index (κ2) is 59.2. The summed E-state index contributed by atoms with van der Waals surface area (Å²) in [6.07, 6.45) is 5.26. The largest absolute Gasteiger partial charge is 0.458 e. The third-order valence-electron chi connectivity index (χ3n) is 21.3. The molecule has 744 valence electrons. The number of halogens is 1. The Hall–Kier alpha value is 13.1. The smallest absolute Gasteiger partial charge is 0.194 e. The number of carbonyl (C=O) groups is 1. The number of thiophene rings is 1. The van der Waals surface area contributed by atoms with E-state index in [1.165, 1.54) is 0 Å². The molecule has 33 atom stereocenters. The van der Waals surface area contributed by atoms with Crippen LogP contribution in [0.15, 0.2) is 259 Å². The second-order valence-electron chi connectivity index (χ2n) is 30.0. The van der Waals surface area contributed by atoms with Crippen LogP contribution in [0.5, 0.6) is 23.0 Å². The number of rotatable bonds is 29. The average Bonchev–Trinajstić information content (AvgIpc) is 1.49. The zero-order chi connectivity index (χ0) is 102. The minimum absolute atomic E-state index is 0.0798. The highest BCUT2D eigenvalue weighted by molar-refractivity contribution is 9.53. The van der Waals surface area contributed by atoms with Crippen LogP contribution in [0.2, 0.25) is 4.34 Å². The molecular weight excluding hydrogens is 2840 g/mol.